The highest BCUT2D eigenvalue weighted by Gasteiger charge is 2.15. The lowest BCUT2D eigenvalue weighted by Crippen LogP contribution is -2.13. The summed E-state index contributed by atoms with van der Waals surface area (Å²) < 4.78 is 13.8. The average molecular weight is 215 g/mol. The number of hydrogen-bond donors (Lipinski definition) is 1. The molecule has 0 spiro atoms. The molecule has 1 heterocycles. The third kappa shape index (κ3) is 2.87. The third-order valence-corrected chi connectivity index (χ3v) is 2.03. The molecule has 0 saturated carbocycles. The van der Waals surface area contributed by atoms with E-state index in [4.69, 9.17) is 10.5 Å². The zero-order valence-electron chi connectivity index (χ0n) is 8.61. The van der Waals surface area contributed by atoms with Crippen molar-refractivity contribution in [3.05, 3.63) is 16.4 Å². The first-order valence-electron chi connectivity index (χ1n) is 4.59. The molecule has 1 aromatic rings. The molecule has 1 atom stereocenters. The molecule has 0 amide bonds. The largest absolute Gasteiger partial charge is 0.520 e. The molecule has 6 heteroatoms. The number of anilines is 1. The van der Waals surface area contributed by atoms with Gasteiger partial charge in [0.25, 0.3) is 0 Å². The lowest BCUT2D eigenvalue weighted by Gasteiger charge is -2.07. The van der Waals surface area contributed by atoms with Gasteiger partial charge in [-0.05, 0) is 6.42 Å². The monoisotopic (exact) mass is 215 g/mol. The number of nitrogen functional groups attached to an aromatic ring is 1. The van der Waals surface area contributed by atoms with Crippen molar-refractivity contribution in [3.8, 4) is 0 Å². The third-order valence-electron chi connectivity index (χ3n) is 2.03. The summed E-state index contributed by atoms with van der Waals surface area (Å²) in [5.41, 5.74) is 5.28. The highest BCUT2D eigenvalue weighted by molar-refractivity contribution is 5.71. The molecule has 0 radical (unpaired) electrons. The second-order valence-electron chi connectivity index (χ2n) is 3.16. The van der Waals surface area contributed by atoms with Crippen molar-refractivity contribution in [2.75, 3.05) is 5.73 Å². The minimum absolute atomic E-state index is 0.0386. The highest BCUT2D eigenvalue weighted by Crippen LogP contribution is 2.12. The molecule has 1 rings (SSSR count). The van der Waals surface area contributed by atoms with Crippen molar-refractivity contribution < 1.29 is 18.4 Å². The van der Waals surface area contributed by atoms with Gasteiger partial charge in [-0.25, -0.2) is 4.79 Å². The van der Waals surface area contributed by atoms with E-state index >= 15 is 0 Å². The van der Waals surface area contributed by atoms with Crippen molar-refractivity contribution in [1.29, 1.82) is 0 Å². The Balaban J connectivity index is 2.54. The summed E-state index contributed by atoms with van der Waals surface area (Å²) in [5, 5.41) is 0. The summed E-state index contributed by atoms with van der Waals surface area (Å²) in [6.45, 7) is 3.44. The van der Waals surface area contributed by atoms with Gasteiger partial charge in [-0.2, -0.15) is 0 Å². The first-order valence-corrected chi connectivity index (χ1v) is 4.59. The molecule has 1 aromatic heterocycles. The van der Waals surface area contributed by atoms with E-state index in [0.29, 0.717) is 6.42 Å². The fraction of sp³-hybridized carbons (Fsp3) is 0.556. The highest BCUT2D eigenvalue weighted by atomic mass is 16.6. The molecule has 0 aliphatic carbocycles. The SMILES string of the molecule is CCC(C)C(=O)OCc1oc(=O)oc1N. The Kier molecular flexibility index (Phi) is 3.54. The first kappa shape index (κ1) is 11.4. The van der Waals surface area contributed by atoms with Crippen LogP contribution in [0, 0.1) is 5.92 Å². The van der Waals surface area contributed by atoms with Crippen molar-refractivity contribution in [2.24, 2.45) is 5.92 Å². The normalized spacial score (nSPS) is 12.4. The molecule has 84 valence electrons. The smallest absolute Gasteiger partial charge is 0.457 e. The number of carbonyl (C=O) groups is 1. The Labute approximate surface area is 86.0 Å². The van der Waals surface area contributed by atoms with Gasteiger partial charge >= 0.3 is 11.8 Å². The maximum atomic E-state index is 11.3. The van der Waals surface area contributed by atoms with E-state index in [2.05, 4.69) is 8.83 Å². The Hall–Kier alpha value is -1.72. The summed E-state index contributed by atoms with van der Waals surface area (Å²) in [5.74, 6) is -1.57. The Morgan fingerprint density at radius 2 is 2.20 bits per heavy atom. The van der Waals surface area contributed by atoms with Crippen molar-refractivity contribution in [3.63, 3.8) is 0 Å². The summed E-state index contributed by atoms with van der Waals surface area (Å²) in [4.78, 5) is 21.8. The molecule has 1 unspecified atom stereocenters. The Morgan fingerprint density at radius 1 is 1.53 bits per heavy atom. The van der Waals surface area contributed by atoms with Crippen LogP contribution in [0.15, 0.2) is 13.6 Å². The standard InChI is InChI=1S/C9H13NO5/c1-3-5(2)8(11)13-4-6-7(10)15-9(12)14-6/h5H,3-4,10H2,1-2H3. The van der Waals surface area contributed by atoms with E-state index in [-0.39, 0.29) is 30.1 Å². The molecule has 0 fully saturated rings. The van der Waals surface area contributed by atoms with Gasteiger partial charge in [-0.1, -0.05) is 13.8 Å². The number of esters is 1. The van der Waals surface area contributed by atoms with Gasteiger partial charge in [-0.15, -0.1) is 0 Å². The number of rotatable bonds is 4. The zero-order valence-corrected chi connectivity index (χ0v) is 8.61. The Morgan fingerprint density at radius 3 is 2.67 bits per heavy atom. The Bertz CT molecular complexity index is 391. The van der Waals surface area contributed by atoms with Gasteiger partial charge < -0.3 is 19.3 Å². The van der Waals surface area contributed by atoms with E-state index in [1.54, 1.807) is 6.92 Å². The topological polar surface area (TPSA) is 95.7 Å². The van der Waals surface area contributed by atoms with Crippen molar-refractivity contribution in [2.45, 2.75) is 26.9 Å². The van der Waals surface area contributed by atoms with E-state index < -0.39 is 5.82 Å². The maximum Gasteiger partial charge on any atom is 0.520 e. The lowest BCUT2D eigenvalue weighted by molar-refractivity contribution is -0.149. The molecule has 6 nitrogen and oxygen atoms in total. The van der Waals surface area contributed by atoms with E-state index in [1.807, 2.05) is 6.92 Å². The summed E-state index contributed by atoms with van der Waals surface area (Å²) >= 11 is 0. The second-order valence-corrected chi connectivity index (χ2v) is 3.16. The van der Waals surface area contributed by atoms with Gasteiger partial charge in [0.15, 0.2) is 6.61 Å². The predicted molar refractivity (Wildman–Crippen MR) is 50.9 cm³/mol. The van der Waals surface area contributed by atoms with Gasteiger partial charge in [0, 0.05) is 0 Å². The van der Waals surface area contributed by atoms with Crippen LogP contribution in [0.3, 0.4) is 0 Å². The van der Waals surface area contributed by atoms with Crippen LogP contribution in [0.2, 0.25) is 0 Å². The molecule has 2 N–H and O–H groups in total. The van der Waals surface area contributed by atoms with Crippen LogP contribution in [-0.4, -0.2) is 5.97 Å². The van der Waals surface area contributed by atoms with Crippen molar-refractivity contribution >= 4 is 11.9 Å². The summed E-state index contributed by atoms with van der Waals surface area (Å²) in [6.07, 6.45) is 0.684. The minimum Gasteiger partial charge on any atom is -0.457 e. The first-order chi connectivity index (χ1) is 7.04. The predicted octanol–water partition coefficient (Wildman–Crippen LogP) is 0.904. The molecule has 0 aliphatic rings. The van der Waals surface area contributed by atoms with Gasteiger partial charge in [0.05, 0.1) is 5.92 Å². The van der Waals surface area contributed by atoms with Gasteiger partial charge in [0.1, 0.15) is 0 Å². The quantitative estimate of drug-likeness (QED) is 0.750. The number of nitrogens with two attached hydrogens (primary N) is 1. The van der Waals surface area contributed by atoms with Crippen LogP contribution in [-0.2, 0) is 16.1 Å². The molecule has 0 saturated heterocycles. The van der Waals surface area contributed by atoms with Crippen LogP contribution < -0.4 is 11.6 Å². The van der Waals surface area contributed by atoms with Crippen molar-refractivity contribution in [1.82, 2.24) is 0 Å². The van der Waals surface area contributed by atoms with Gasteiger partial charge in [-0.3, -0.25) is 4.79 Å². The average Bonchev–Trinajstić information content (AvgIpc) is 2.52. The zero-order chi connectivity index (χ0) is 11.4. The van der Waals surface area contributed by atoms with Crippen LogP contribution in [0.25, 0.3) is 0 Å². The van der Waals surface area contributed by atoms with Crippen LogP contribution in [0.5, 0.6) is 0 Å². The van der Waals surface area contributed by atoms with E-state index in [1.165, 1.54) is 0 Å². The second kappa shape index (κ2) is 4.68. The van der Waals surface area contributed by atoms with E-state index in [0.717, 1.165) is 0 Å². The molecular weight excluding hydrogens is 202 g/mol. The molecular formula is C9H13NO5. The van der Waals surface area contributed by atoms with E-state index in [9.17, 15) is 9.59 Å². The fourth-order valence-electron chi connectivity index (χ4n) is 0.865. The number of hydrogen-bond acceptors (Lipinski definition) is 6. The molecule has 0 aliphatic heterocycles. The number of carbonyl (C=O) groups excluding carboxylic acids is 1. The minimum atomic E-state index is -0.901. The van der Waals surface area contributed by atoms with Gasteiger partial charge in [0.2, 0.25) is 11.6 Å². The molecule has 15 heavy (non-hydrogen) atoms. The van der Waals surface area contributed by atoms with Crippen LogP contribution in [0.4, 0.5) is 5.88 Å². The lowest BCUT2D eigenvalue weighted by atomic mass is 10.1. The maximum absolute atomic E-state index is 11.3. The molecule has 0 bridgehead atoms. The number of ether oxygens (including phenoxy) is 1. The summed E-state index contributed by atoms with van der Waals surface area (Å²) in [7, 11) is 0. The van der Waals surface area contributed by atoms with Crippen LogP contribution in [0.1, 0.15) is 26.0 Å². The summed E-state index contributed by atoms with van der Waals surface area (Å²) in [6, 6.07) is 0. The van der Waals surface area contributed by atoms with Crippen LogP contribution >= 0.6 is 0 Å². The molecule has 0 aromatic carbocycles. The fourth-order valence-corrected chi connectivity index (χ4v) is 0.865.